The number of H-pyrrole nitrogens is 1. The van der Waals surface area contributed by atoms with Gasteiger partial charge >= 0.3 is 6.18 Å². The summed E-state index contributed by atoms with van der Waals surface area (Å²) in [4.78, 5) is 15.5. The number of pyridine rings is 1. The molecule has 3 aromatic rings. The topological polar surface area (TPSA) is 98.5 Å². The lowest BCUT2D eigenvalue weighted by Crippen LogP contribution is -2.56. The third-order valence-corrected chi connectivity index (χ3v) is 7.62. The van der Waals surface area contributed by atoms with Crippen LogP contribution in [0.2, 0.25) is 0 Å². The van der Waals surface area contributed by atoms with E-state index in [-0.39, 0.29) is 29.5 Å². The average molecular weight is 499 g/mol. The molecule has 7 nitrogen and oxygen atoms in total. The van der Waals surface area contributed by atoms with Crippen molar-refractivity contribution in [1.82, 2.24) is 20.1 Å². The summed E-state index contributed by atoms with van der Waals surface area (Å²) >= 11 is 0. The monoisotopic (exact) mass is 498 g/mol. The number of anilines is 2. The van der Waals surface area contributed by atoms with Crippen LogP contribution in [0.15, 0.2) is 41.3 Å². The fourth-order valence-corrected chi connectivity index (χ4v) is 5.70. The van der Waals surface area contributed by atoms with Crippen LogP contribution in [-0.2, 0) is 5.54 Å². The van der Waals surface area contributed by atoms with Gasteiger partial charge in [-0.15, -0.1) is 0 Å². The normalized spacial score (nSPS) is 25.3. The highest BCUT2D eigenvalue weighted by Gasteiger charge is 2.56. The maximum atomic E-state index is 14.1. The molecule has 1 aliphatic carbocycles. The first-order chi connectivity index (χ1) is 17.3. The number of alkyl halides is 3. The zero-order chi connectivity index (χ0) is 25.3. The minimum absolute atomic E-state index is 0.00482. The number of hydrogen-bond acceptors (Lipinski definition) is 5. The summed E-state index contributed by atoms with van der Waals surface area (Å²) in [6.45, 7) is 0.316. The van der Waals surface area contributed by atoms with Crippen molar-refractivity contribution in [3.05, 3.63) is 52.4 Å². The highest BCUT2D eigenvalue weighted by atomic mass is 19.4. The second-order valence-electron chi connectivity index (χ2n) is 9.79. The van der Waals surface area contributed by atoms with Gasteiger partial charge in [0, 0.05) is 11.9 Å². The molecule has 2 aliphatic rings. The van der Waals surface area contributed by atoms with Crippen LogP contribution in [0, 0.1) is 17.2 Å². The van der Waals surface area contributed by atoms with Crippen LogP contribution >= 0.6 is 0 Å². The van der Waals surface area contributed by atoms with Gasteiger partial charge in [0.1, 0.15) is 10.9 Å². The zero-order valence-electron chi connectivity index (χ0n) is 19.9. The van der Waals surface area contributed by atoms with E-state index in [0.717, 1.165) is 38.5 Å². The van der Waals surface area contributed by atoms with Gasteiger partial charge < -0.3 is 10.3 Å². The summed E-state index contributed by atoms with van der Waals surface area (Å²) in [6.07, 6.45) is 2.96. The molecule has 0 bridgehead atoms. The van der Waals surface area contributed by atoms with Crippen molar-refractivity contribution in [2.75, 3.05) is 11.9 Å². The number of halogens is 3. The number of nitrogens with one attached hydrogen (secondary N) is 3. The van der Waals surface area contributed by atoms with Crippen LogP contribution in [0.4, 0.5) is 24.7 Å². The Morgan fingerprint density at radius 1 is 1.08 bits per heavy atom. The predicted octanol–water partition coefficient (Wildman–Crippen LogP) is 5.64. The average Bonchev–Trinajstić information content (AvgIpc) is 3.07. The summed E-state index contributed by atoms with van der Waals surface area (Å²) < 4.78 is 44.0. The van der Waals surface area contributed by atoms with E-state index < -0.39 is 11.7 Å². The molecule has 10 heteroatoms. The van der Waals surface area contributed by atoms with Crippen molar-refractivity contribution in [2.24, 2.45) is 5.92 Å². The van der Waals surface area contributed by atoms with Gasteiger partial charge in [-0.1, -0.05) is 31.4 Å². The molecule has 0 amide bonds. The Labute approximate surface area is 206 Å². The molecule has 2 unspecified atom stereocenters. The van der Waals surface area contributed by atoms with E-state index in [4.69, 9.17) is 5.10 Å². The SMILES string of the molecule is N#CC1CCCCC[C@@H]1n1nc(Nc2ccc(C3(C(F)(F)F)CCCCN3)cc2)c2c(=O)[nH]ccc21. The highest BCUT2D eigenvalue weighted by molar-refractivity contribution is 5.91. The molecule has 1 aromatic carbocycles. The number of aromatic nitrogens is 3. The summed E-state index contributed by atoms with van der Waals surface area (Å²) in [7, 11) is 0. The fraction of sp³-hybridized carbons (Fsp3) is 0.500. The largest absolute Gasteiger partial charge is 0.410 e. The lowest BCUT2D eigenvalue weighted by Gasteiger charge is -2.40. The summed E-state index contributed by atoms with van der Waals surface area (Å²) in [5, 5.41) is 20.7. The van der Waals surface area contributed by atoms with Crippen LogP contribution in [-0.4, -0.2) is 27.5 Å². The van der Waals surface area contributed by atoms with Gasteiger partial charge in [-0.05, 0) is 62.4 Å². The number of rotatable bonds is 4. The molecular formula is C26H29F3N6O. The molecular weight excluding hydrogens is 469 g/mol. The summed E-state index contributed by atoms with van der Waals surface area (Å²) in [5.74, 6) is 0.116. The Balaban J connectivity index is 1.50. The van der Waals surface area contributed by atoms with Crippen molar-refractivity contribution >= 4 is 22.4 Å². The molecule has 36 heavy (non-hydrogen) atoms. The third-order valence-electron chi connectivity index (χ3n) is 7.62. The van der Waals surface area contributed by atoms with Crippen molar-refractivity contribution < 1.29 is 13.2 Å². The second-order valence-corrected chi connectivity index (χ2v) is 9.79. The van der Waals surface area contributed by atoms with Gasteiger partial charge in [0.25, 0.3) is 5.56 Å². The Morgan fingerprint density at radius 2 is 1.86 bits per heavy atom. The first-order valence-electron chi connectivity index (χ1n) is 12.5. The van der Waals surface area contributed by atoms with Crippen molar-refractivity contribution in [1.29, 1.82) is 5.26 Å². The van der Waals surface area contributed by atoms with Crippen LogP contribution < -0.4 is 16.2 Å². The molecule has 1 saturated heterocycles. The van der Waals surface area contributed by atoms with Gasteiger partial charge in [-0.3, -0.25) is 14.8 Å². The summed E-state index contributed by atoms with van der Waals surface area (Å²) in [5.41, 5.74) is -1.04. The van der Waals surface area contributed by atoms with E-state index in [2.05, 4.69) is 21.7 Å². The van der Waals surface area contributed by atoms with E-state index in [0.29, 0.717) is 35.4 Å². The van der Waals surface area contributed by atoms with Gasteiger partial charge in [-0.25, -0.2) is 0 Å². The van der Waals surface area contributed by atoms with E-state index in [1.807, 2.05) is 0 Å². The quantitative estimate of drug-likeness (QED) is 0.404. The van der Waals surface area contributed by atoms with Crippen LogP contribution in [0.5, 0.6) is 0 Å². The molecule has 0 spiro atoms. The molecule has 2 fully saturated rings. The smallest absolute Gasteiger partial charge is 0.338 e. The number of hydrogen-bond donors (Lipinski definition) is 3. The Morgan fingerprint density at radius 3 is 2.56 bits per heavy atom. The molecule has 2 aromatic heterocycles. The molecule has 1 aliphatic heterocycles. The lowest BCUT2D eigenvalue weighted by atomic mass is 9.81. The van der Waals surface area contributed by atoms with Gasteiger partial charge in [0.05, 0.1) is 23.5 Å². The third kappa shape index (κ3) is 4.26. The zero-order valence-corrected chi connectivity index (χ0v) is 19.9. The molecule has 3 atom stereocenters. The number of fused-ring (bicyclic) bond motifs is 1. The molecule has 5 rings (SSSR count). The van der Waals surface area contributed by atoms with Gasteiger partial charge in [0.15, 0.2) is 5.82 Å². The predicted molar refractivity (Wildman–Crippen MR) is 131 cm³/mol. The maximum absolute atomic E-state index is 14.1. The second kappa shape index (κ2) is 9.62. The van der Waals surface area contributed by atoms with Crippen molar-refractivity contribution in [3.63, 3.8) is 0 Å². The Bertz CT molecular complexity index is 1310. The number of nitriles is 1. The molecule has 1 saturated carbocycles. The van der Waals surface area contributed by atoms with Crippen LogP contribution in [0.1, 0.15) is 63.0 Å². The Kier molecular flexibility index (Phi) is 6.51. The Hall–Kier alpha value is -3.32. The minimum Gasteiger partial charge on any atom is -0.338 e. The molecule has 3 heterocycles. The maximum Gasteiger partial charge on any atom is 0.410 e. The van der Waals surface area contributed by atoms with Gasteiger partial charge in [0.2, 0.25) is 0 Å². The number of piperidine rings is 1. The first-order valence-corrected chi connectivity index (χ1v) is 12.5. The van der Waals surface area contributed by atoms with Gasteiger partial charge in [-0.2, -0.15) is 23.5 Å². The van der Waals surface area contributed by atoms with Crippen molar-refractivity contribution in [2.45, 2.75) is 69.1 Å². The van der Waals surface area contributed by atoms with E-state index in [9.17, 15) is 23.2 Å². The molecule has 3 N–H and O–H groups in total. The number of benzene rings is 1. The fourth-order valence-electron chi connectivity index (χ4n) is 5.70. The highest BCUT2D eigenvalue weighted by Crippen LogP contribution is 2.44. The van der Waals surface area contributed by atoms with E-state index >= 15 is 0 Å². The van der Waals surface area contributed by atoms with E-state index in [1.54, 1.807) is 29.1 Å². The lowest BCUT2D eigenvalue weighted by molar-refractivity contribution is -0.207. The number of nitrogens with zero attached hydrogens (tertiary/aromatic N) is 3. The number of aromatic amines is 1. The van der Waals surface area contributed by atoms with Crippen molar-refractivity contribution in [3.8, 4) is 6.07 Å². The van der Waals surface area contributed by atoms with Crippen LogP contribution in [0.25, 0.3) is 10.9 Å². The van der Waals surface area contributed by atoms with E-state index in [1.165, 1.54) is 12.1 Å². The molecule has 190 valence electrons. The minimum atomic E-state index is -4.42. The first kappa shape index (κ1) is 24.4. The standard InChI is InChI=1S/C26H29F3N6O/c27-26(28,29)25(13-4-5-14-32-25)18-8-10-19(11-9-18)33-23-22-21(12-15-31-24(22)36)35(34-23)20-7-3-1-2-6-17(20)16-30/h8-12,15,17,20,32H,1-7,13-14H2,(H,31,36)(H,33,34)/t17?,20-,25?/m0/s1. The van der Waals surface area contributed by atoms with Crippen LogP contribution in [0.3, 0.4) is 0 Å². The molecule has 0 radical (unpaired) electrons. The summed E-state index contributed by atoms with van der Waals surface area (Å²) in [6, 6.07) is 10.2.